The number of allylic oxidation sites excluding steroid dienone is 3. The standard InChI is InChI=1S/C19H28O5/c1-13-7-6-10-15(20)9-5-3-4-8-14-11-16(21)12-17(22)19(14,2)18(23)24-13/h4,8,11-13,15,17,20-22H,3,5-7,9-10H2,1-2H3/b8-4+/t13-,15?,17?,19?/m0/s1. The smallest absolute Gasteiger partial charge is 0.319 e. The molecule has 134 valence electrons. The third kappa shape index (κ3) is 4.28. The number of carbonyl (C=O) groups is 1. The van der Waals surface area contributed by atoms with Gasteiger partial charge < -0.3 is 20.1 Å². The molecule has 0 aromatic rings. The molecule has 2 aliphatic rings. The van der Waals surface area contributed by atoms with Crippen LogP contribution in [0.4, 0.5) is 0 Å². The number of rotatable bonds is 0. The lowest BCUT2D eigenvalue weighted by Gasteiger charge is -2.35. The first-order chi connectivity index (χ1) is 11.3. The Morgan fingerprint density at radius 2 is 1.92 bits per heavy atom. The summed E-state index contributed by atoms with van der Waals surface area (Å²) in [7, 11) is 0. The van der Waals surface area contributed by atoms with Gasteiger partial charge in [-0.2, -0.15) is 0 Å². The molecular formula is C19H28O5. The van der Waals surface area contributed by atoms with Gasteiger partial charge in [0.1, 0.15) is 11.2 Å². The molecule has 2 rings (SSSR count). The van der Waals surface area contributed by atoms with Crippen molar-refractivity contribution < 1.29 is 24.9 Å². The van der Waals surface area contributed by atoms with E-state index in [-0.39, 0.29) is 18.0 Å². The Hall–Kier alpha value is -1.59. The average Bonchev–Trinajstić information content (AvgIpc) is 2.50. The highest BCUT2D eigenvalue weighted by Gasteiger charge is 2.46. The molecule has 1 aliphatic heterocycles. The van der Waals surface area contributed by atoms with Crippen molar-refractivity contribution in [3.05, 3.63) is 35.6 Å². The summed E-state index contributed by atoms with van der Waals surface area (Å²) < 4.78 is 5.54. The fourth-order valence-electron chi connectivity index (χ4n) is 3.15. The van der Waals surface area contributed by atoms with E-state index in [0.29, 0.717) is 18.4 Å². The van der Waals surface area contributed by atoms with Crippen molar-refractivity contribution in [1.82, 2.24) is 0 Å². The molecule has 0 amide bonds. The molecule has 3 unspecified atom stereocenters. The van der Waals surface area contributed by atoms with Gasteiger partial charge in [0.15, 0.2) is 0 Å². The number of aliphatic hydroxyl groups excluding tert-OH is 3. The molecule has 5 nitrogen and oxygen atoms in total. The van der Waals surface area contributed by atoms with Crippen molar-refractivity contribution in [2.45, 2.75) is 70.7 Å². The number of aliphatic hydroxyl groups is 3. The highest BCUT2D eigenvalue weighted by atomic mass is 16.5. The molecule has 1 heterocycles. The number of ether oxygens (including phenoxy) is 1. The van der Waals surface area contributed by atoms with Gasteiger partial charge in [0.2, 0.25) is 0 Å². The number of hydrogen-bond donors (Lipinski definition) is 3. The van der Waals surface area contributed by atoms with Crippen molar-refractivity contribution in [3.63, 3.8) is 0 Å². The first-order valence-corrected chi connectivity index (χ1v) is 8.70. The van der Waals surface area contributed by atoms with Crippen molar-refractivity contribution in [2.24, 2.45) is 5.41 Å². The lowest BCUT2D eigenvalue weighted by atomic mass is 9.73. The topological polar surface area (TPSA) is 87.0 Å². The maximum Gasteiger partial charge on any atom is 0.319 e. The summed E-state index contributed by atoms with van der Waals surface area (Å²) >= 11 is 0. The predicted molar refractivity (Wildman–Crippen MR) is 91.3 cm³/mol. The van der Waals surface area contributed by atoms with Gasteiger partial charge in [-0.3, -0.25) is 4.79 Å². The lowest BCUT2D eigenvalue weighted by molar-refractivity contribution is -0.162. The van der Waals surface area contributed by atoms with Crippen LogP contribution in [0.1, 0.15) is 52.4 Å². The van der Waals surface area contributed by atoms with Crippen LogP contribution >= 0.6 is 0 Å². The Labute approximate surface area is 143 Å². The first kappa shape index (κ1) is 18.7. The van der Waals surface area contributed by atoms with E-state index >= 15 is 0 Å². The van der Waals surface area contributed by atoms with Crippen molar-refractivity contribution in [3.8, 4) is 0 Å². The minimum Gasteiger partial charge on any atom is -0.508 e. The molecule has 4 atom stereocenters. The Morgan fingerprint density at radius 1 is 1.21 bits per heavy atom. The number of fused-ring (bicyclic) bond motifs is 1. The molecule has 0 radical (unpaired) electrons. The Kier molecular flexibility index (Phi) is 6.24. The predicted octanol–water partition coefficient (Wildman–Crippen LogP) is 2.94. The monoisotopic (exact) mass is 336 g/mol. The van der Waals surface area contributed by atoms with Gasteiger partial charge in [-0.1, -0.05) is 12.2 Å². The highest BCUT2D eigenvalue weighted by Crippen LogP contribution is 2.39. The van der Waals surface area contributed by atoms with Crippen molar-refractivity contribution >= 4 is 5.97 Å². The lowest BCUT2D eigenvalue weighted by Crippen LogP contribution is -2.44. The van der Waals surface area contributed by atoms with Crippen LogP contribution in [0.5, 0.6) is 0 Å². The first-order valence-electron chi connectivity index (χ1n) is 8.70. The minimum atomic E-state index is -1.24. The molecule has 1 aliphatic carbocycles. The van der Waals surface area contributed by atoms with E-state index in [2.05, 4.69) is 0 Å². The maximum atomic E-state index is 12.7. The fraction of sp³-hybridized carbons (Fsp3) is 0.632. The molecule has 0 spiro atoms. The van der Waals surface area contributed by atoms with Gasteiger partial charge in [-0.25, -0.2) is 0 Å². The zero-order chi connectivity index (χ0) is 17.7. The molecule has 3 N–H and O–H groups in total. The average molecular weight is 336 g/mol. The molecule has 0 bridgehead atoms. The van der Waals surface area contributed by atoms with E-state index in [4.69, 9.17) is 4.74 Å². The van der Waals surface area contributed by atoms with Gasteiger partial charge in [-0.15, -0.1) is 0 Å². The van der Waals surface area contributed by atoms with Gasteiger partial charge in [0.25, 0.3) is 0 Å². The molecular weight excluding hydrogens is 308 g/mol. The van der Waals surface area contributed by atoms with Gasteiger partial charge in [-0.05, 0) is 70.1 Å². The summed E-state index contributed by atoms with van der Waals surface area (Å²) in [5.74, 6) is -0.559. The van der Waals surface area contributed by atoms with E-state index in [0.717, 1.165) is 25.7 Å². The largest absolute Gasteiger partial charge is 0.508 e. The second-order valence-electron chi connectivity index (χ2n) is 6.97. The molecule has 24 heavy (non-hydrogen) atoms. The van der Waals surface area contributed by atoms with Crippen LogP contribution in [0.25, 0.3) is 0 Å². The molecule has 0 aromatic heterocycles. The highest BCUT2D eigenvalue weighted by molar-refractivity contribution is 5.83. The summed E-state index contributed by atoms with van der Waals surface area (Å²) in [6.45, 7) is 3.46. The van der Waals surface area contributed by atoms with Crippen molar-refractivity contribution in [1.29, 1.82) is 0 Å². The van der Waals surface area contributed by atoms with Crippen LogP contribution in [0.3, 0.4) is 0 Å². The number of hydrogen-bond acceptors (Lipinski definition) is 5. The van der Waals surface area contributed by atoms with E-state index in [1.807, 2.05) is 13.0 Å². The number of cyclic esters (lactones) is 1. The zero-order valence-electron chi connectivity index (χ0n) is 14.4. The Balaban J connectivity index is 2.28. The summed E-state index contributed by atoms with van der Waals surface area (Å²) in [6.07, 6.45) is 9.19. The van der Waals surface area contributed by atoms with Gasteiger partial charge in [0.05, 0.1) is 18.3 Å². The third-order valence-corrected chi connectivity index (χ3v) is 4.91. The zero-order valence-corrected chi connectivity index (χ0v) is 14.4. The van der Waals surface area contributed by atoms with Crippen LogP contribution < -0.4 is 0 Å². The summed E-state index contributed by atoms with van der Waals surface area (Å²) in [4.78, 5) is 12.7. The van der Waals surface area contributed by atoms with E-state index in [9.17, 15) is 20.1 Å². The van der Waals surface area contributed by atoms with Crippen LogP contribution in [-0.2, 0) is 9.53 Å². The van der Waals surface area contributed by atoms with E-state index in [1.165, 1.54) is 12.2 Å². The SMILES string of the molecule is C[C@H]1CCCC(O)CCC/C=C/C2=CC(O)=CC(O)C2(C)C(=O)O1. The van der Waals surface area contributed by atoms with E-state index < -0.39 is 17.5 Å². The number of carbonyl (C=O) groups excluding carboxylic acids is 1. The molecule has 5 heteroatoms. The van der Waals surface area contributed by atoms with Crippen LogP contribution in [0, 0.1) is 5.41 Å². The normalized spacial score (nSPS) is 37.3. The van der Waals surface area contributed by atoms with Gasteiger partial charge in [0, 0.05) is 0 Å². The Bertz CT molecular complexity index is 548. The minimum absolute atomic E-state index is 0.0583. The third-order valence-electron chi connectivity index (χ3n) is 4.91. The number of esters is 1. The summed E-state index contributed by atoms with van der Waals surface area (Å²) in [6, 6.07) is 0. The quantitative estimate of drug-likeness (QED) is 0.592. The van der Waals surface area contributed by atoms with Crippen LogP contribution in [-0.4, -0.2) is 39.6 Å². The second kappa shape index (κ2) is 7.99. The molecule has 0 aromatic carbocycles. The molecule has 0 fully saturated rings. The molecule has 0 saturated carbocycles. The van der Waals surface area contributed by atoms with Crippen LogP contribution in [0.15, 0.2) is 35.6 Å². The van der Waals surface area contributed by atoms with Crippen LogP contribution in [0.2, 0.25) is 0 Å². The van der Waals surface area contributed by atoms with Gasteiger partial charge >= 0.3 is 5.97 Å². The second-order valence-corrected chi connectivity index (χ2v) is 6.97. The maximum absolute atomic E-state index is 12.7. The summed E-state index contributed by atoms with van der Waals surface area (Å²) in [5, 5.41) is 30.1. The summed E-state index contributed by atoms with van der Waals surface area (Å²) in [5.41, 5.74) is -0.703. The fourth-order valence-corrected chi connectivity index (χ4v) is 3.15. The van der Waals surface area contributed by atoms with Crippen molar-refractivity contribution in [2.75, 3.05) is 0 Å². The van der Waals surface area contributed by atoms with E-state index in [1.54, 1.807) is 13.0 Å². The Morgan fingerprint density at radius 3 is 2.67 bits per heavy atom. The molecule has 0 saturated heterocycles.